The number of aliphatic carboxylic acids is 1. The van der Waals surface area contributed by atoms with Gasteiger partial charge >= 0.3 is 12.1 Å². The van der Waals surface area contributed by atoms with Crippen molar-refractivity contribution in [2.75, 3.05) is 13.3 Å². The maximum atomic E-state index is 10.6. The molecule has 0 rings (SSSR count). The Bertz CT molecular complexity index is 152. The molecule has 0 unspecified atom stereocenters. The van der Waals surface area contributed by atoms with Crippen LogP contribution in [0.25, 0.3) is 0 Å². The van der Waals surface area contributed by atoms with Gasteiger partial charge in [0.1, 0.15) is 0 Å². The molecule has 0 fully saturated rings. The maximum Gasteiger partial charge on any atom is 0.490 e. The van der Waals surface area contributed by atoms with Crippen LogP contribution in [0.1, 0.15) is 0 Å². The van der Waals surface area contributed by atoms with Crippen LogP contribution in [0.15, 0.2) is 0 Å². The van der Waals surface area contributed by atoms with E-state index in [0.29, 0.717) is 0 Å². The summed E-state index contributed by atoms with van der Waals surface area (Å²) in [5.41, 5.74) is 0. The van der Waals surface area contributed by atoms with E-state index in [-0.39, 0.29) is 6.70 Å². The lowest BCUT2D eigenvalue weighted by atomic mass is 10.7. The number of carboxylic acid groups (broad SMARTS) is 1. The van der Waals surface area contributed by atoms with Gasteiger partial charge in [-0.1, -0.05) is 6.70 Å². The lowest BCUT2D eigenvalue weighted by Gasteiger charge is -1.93. The lowest BCUT2D eigenvalue weighted by molar-refractivity contribution is -0.192. The summed E-state index contributed by atoms with van der Waals surface area (Å²) in [6.45, 7) is 3.87. The predicted octanol–water partition coefficient (Wildman–Crippen LogP) is 1.56. The molecule has 0 amide bonds. The number of rotatable bonds is 0. The van der Waals surface area contributed by atoms with E-state index in [4.69, 9.17) is 21.7 Å². The van der Waals surface area contributed by atoms with Gasteiger partial charge in [0.25, 0.3) is 0 Å². The van der Waals surface area contributed by atoms with Crippen molar-refractivity contribution in [1.29, 1.82) is 0 Å². The fourth-order valence-electron chi connectivity index (χ4n) is 0. The first-order chi connectivity index (χ1) is 4.68. The van der Waals surface area contributed by atoms with E-state index in [1.165, 1.54) is 0 Å². The zero-order valence-corrected chi connectivity index (χ0v) is 7.71. The van der Waals surface area contributed by atoms with Crippen molar-refractivity contribution in [1.82, 2.24) is 0 Å². The van der Waals surface area contributed by atoms with E-state index >= 15 is 0 Å². The molecule has 2 nitrogen and oxygen atoms in total. The van der Waals surface area contributed by atoms with Gasteiger partial charge < -0.3 is 5.11 Å². The highest BCUT2D eigenvalue weighted by Crippen LogP contribution is 2.13. The predicted molar refractivity (Wildman–Crippen MR) is 41.2 cm³/mol. The average Bonchev–Trinajstić information content (AvgIpc) is 1.59. The zero-order chi connectivity index (χ0) is 9.65. The minimum atomic E-state index is -5.08. The minimum absolute atomic E-state index is 0.296. The maximum absolute atomic E-state index is 10.6. The van der Waals surface area contributed by atoms with E-state index in [1.54, 1.807) is 0 Å². The SMILES string of the molecule is C[PH](C)=S.O=C(O)C(F)(F)F. The second kappa shape index (κ2) is 5.55. The number of hydrogen-bond acceptors (Lipinski definition) is 2. The highest BCUT2D eigenvalue weighted by atomic mass is 32.4. The average molecular weight is 208 g/mol. The molecule has 0 radical (unpaired) electrons. The summed E-state index contributed by atoms with van der Waals surface area (Å²) in [5, 5.41) is 7.12. The fraction of sp³-hybridized carbons (Fsp3) is 0.750. The number of hydrogen-bond donors (Lipinski definition) is 1. The molecule has 1 N–H and O–H groups in total. The smallest absolute Gasteiger partial charge is 0.475 e. The first kappa shape index (κ1) is 13.5. The van der Waals surface area contributed by atoms with E-state index in [2.05, 4.69) is 13.3 Å². The van der Waals surface area contributed by atoms with E-state index in [9.17, 15) is 13.2 Å². The van der Waals surface area contributed by atoms with Gasteiger partial charge in [-0.15, -0.1) is 11.8 Å². The summed E-state index contributed by atoms with van der Waals surface area (Å²) < 4.78 is 31.7. The van der Waals surface area contributed by atoms with Crippen LogP contribution in [0.2, 0.25) is 0 Å². The van der Waals surface area contributed by atoms with Crippen LogP contribution < -0.4 is 0 Å². The first-order valence-electron chi connectivity index (χ1n) is 2.45. The van der Waals surface area contributed by atoms with Crippen molar-refractivity contribution in [2.24, 2.45) is 0 Å². The molecule has 0 aliphatic carbocycles. The summed E-state index contributed by atoms with van der Waals surface area (Å²) in [5.74, 6) is -2.76. The lowest BCUT2D eigenvalue weighted by Crippen LogP contribution is -2.21. The largest absolute Gasteiger partial charge is 0.490 e. The molecular formula is C4H8F3O2PS. The molecule has 0 saturated carbocycles. The quantitative estimate of drug-likeness (QED) is 0.614. The molecule has 68 valence electrons. The second-order valence-corrected chi connectivity index (χ2v) is 5.98. The van der Waals surface area contributed by atoms with Gasteiger partial charge in [0.15, 0.2) is 0 Å². The molecule has 0 heterocycles. The van der Waals surface area contributed by atoms with Crippen LogP contribution >= 0.6 is 6.70 Å². The minimum Gasteiger partial charge on any atom is -0.475 e. The van der Waals surface area contributed by atoms with Crippen molar-refractivity contribution in [2.45, 2.75) is 6.18 Å². The Balaban J connectivity index is 0. The Hall–Kier alpha value is -0.0900. The summed E-state index contributed by atoms with van der Waals surface area (Å²) in [6.07, 6.45) is -5.08. The summed E-state index contributed by atoms with van der Waals surface area (Å²) in [4.78, 5) is 8.90. The number of alkyl halides is 3. The molecule has 0 bridgehead atoms. The molecule has 7 heteroatoms. The molecule has 0 aliphatic rings. The van der Waals surface area contributed by atoms with Crippen LogP contribution in [0.5, 0.6) is 0 Å². The Morgan fingerprint density at radius 2 is 1.55 bits per heavy atom. The Morgan fingerprint density at radius 1 is 1.45 bits per heavy atom. The van der Waals surface area contributed by atoms with Crippen molar-refractivity contribution in [3.63, 3.8) is 0 Å². The fourth-order valence-corrected chi connectivity index (χ4v) is 0. The molecule has 0 saturated heterocycles. The number of halogens is 3. The van der Waals surface area contributed by atoms with Crippen molar-refractivity contribution in [3.8, 4) is 0 Å². The summed E-state index contributed by atoms with van der Waals surface area (Å²) in [6, 6.07) is 0. The van der Waals surface area contributed by atoms with Gasteiger partial charge in [0.05, 0.1) is 0 Å². The Kier molecular flexibility index (Phi) is 6.81. The Labute approximate surface area is 67.8 Å². The van der Waals surface area contributed by atoms with Gasteiger partial charge in [-0.3, -0.25) is 0 Å². The number of carboxylic acids is 1. The van der Waals surface area contributed by atoms with Gasteiger partial charge in [0, 0.05) is 0 Å². The van der Waals surface area contributed by atoms with Gasteiger partial charge in [-0.2, -0.15) is 13.2 Å². The van der Waals surface area contributed by atoms with E-state index < -0.39 is 12.1 Å². The summed E-state index contributed by atoms with van der Waals surface area (Å²) >= 11 is 4.72. The monoisotopic (exact) mass is 208 g/mol. The molecule has 0 aromatic heterocycles. The van der Waals surface area contributed by atoms with Gasteiger partial charge in [-0.05, 0) is 13.3 Å². The molecular weight excluding hydrogens is 200 g/mol. The highest BCUT2D eigenvalue weighted by molar-refractivity contribution is 8.04. The second-order valence-electron chi connectivity index (χ2n) is 1.71. The zero-order valence-electron chi connectivity index (χ0n) is 5.90. The standard InChI is InChI=1S/C2HF3O2.C2H7PS/c3-2(4,5)1(6)7;1-3(2)4/h(H,6,7);3H,1-2H3. The summed E-state index contributed by atoms with van der Waals surface area (Å²) in [7, 11) is 0. The van der Waals surface area contributed by atoms with Crippen LogP contribution in [0, 0.1) is 0 Å². The third kappa shape index (κ3) is 17.8. The number of carbonyl (C=O) groups is 1. The van der Waals surface area contributed by atoms with Crippen molar-refractivity contribution < 1.29 is 23.1 Å². The molecule has 0 spiro atoms. The molecule has 0 aliphatic heterocycles. The van der Waals surface area contributed by atoms with Crippen molar-refractivity contribution in [3.05, 3.63) is 0 Å². The van der Waals surface area contributed by atoms with Gasteiger partial charge in [-0.25, -0.2) is 4.79 Å². The van der Waals surface area contributed by atoms with Crippen LogP contribution in [-0.4, -0.2) is 30.6 Å². The first-order valence-corrected chi connectivity index (χ1v) is 6.08. The van der Waals surface area contributed by atoms with Crippen LogP contribution in [0.4, 0.5) is 13.2 Å². The Morgan fingerprint density at radius 3 is 1.55 bits per heavy atom. The van der Waals surface area contributed by atoms with E-state index in [1.807, 2.05) is 0 Å². The van der Waals surface area contributed by atoms with Crippen molar-refractivity contribution >= 4 is 24.5 Å². The molecule has 0 atom stereocenters. The third-order valence-electron chi connectivity index (χ3n) is 0.243. The normalized spacial score (nSPS) is 10.4. The molecule has 11 heavy (non-hydrogen) atoms. The van der Waals surface area contributed by atoms with Crippen LogP contribution in [0.3, 0.4) is 0 Å². The third-order valence-corrected chi connectivity index (χ3v) is 0.243. The highest BCUT2D eigenvalue weighted by Gasteiger charge is 2.38. The van der Waals surface area contributed by atoms with Gasteiger partial charge in [0.2, 0.25) is 0 Å². The van der Waals surface area contributed by atoms with Crippen LogP contribution in [-0.2, 0) is 16.6 Å². The topological polar surface area (TPSA) is 37.3 Å². The molecule has 0 aromatic carbocycles. The molecule has 0 aromatic rings. The van der Waals surface area contributed by atoms with E-state index in [0.717, 1.165) is 0 Å².